The highest BCUT2D eigenvalue weighted by molar-refractivity contribution is 6.05. The van der Waals surface area contributed by atoms with Gasteiger partial charge >= 0.3 is 0 Å². The number of nitrogens with one attached hydrogen (secondary N) is 2. The fourth-order valence-corrected chi connectivity index (χ4v) is 3.40. The molecule has 2 aromatic carbocycles. The van der Waals surface area contributed by atoms with Crippen molar-refractivity contribution in [1.29, 1.82) is 0 Å². The molecule has 0 bridgehead atoms. The summed E-state index contributed by atoms with van der Waals surface area (Å²) in [7, 11) is 1.58. The molecule has 25 heavy (non-hydrogen) atoms. The summed E-state index contributed by atoms with van der Waals surface area (Å²) in [4.78, 5) is 16.1. The summed E-state index contributed by atoms with van der Waals surface area (Å²) in [5.41, 5.74) is 2.78. The van der Waals surface area contributed by atoms with Gasteiger partial charge < -0.3 is 15.0 Å². The van der Waals surface area contributed by atoms with Gasteiger partial charge in [-0.25, -0.2) is 4.39 Å². The van der Waals surface area contributed by atoms with E-state index in [4.69, 9.17) is 4.74 Å². The average molecular weight is 338 g/mol. The van der Waals surface area contributed by atoms with Crippen molar-refractivity contribution in [3.05, 3.63) is 59.5 Å². The number of fused-ring (bicyclic) bond motifs is 1. The van der Waals surface area contributed by atoms with Crippen molar-refractivity contribution in [3.63, 3.8) is 0 Å². The molecule has 5 heteroatoms. The highest BCUT2D eigenvalue weighted by atomic mass is 19.1. The van der Waals surface area contributed by atoms with Crippen LogP contribution in [-0.4, -0.2) is 18.0 Å². The minimum Gasteiger partial charge on any atom is -0.495 e. The summed E-state index contributed by atoms with van der Waals surface area (Å²) in [6, 6.07) is 10.3. The van der Waals surface area contributed by atoms with Gasteiger partial charge in [-0.15, -0.1) is 0 Å². The van der Waals surface area contributed by atoms with Gasteiger partial charge in [-0.3, -0.25) is 4.79 Å². The first kappa shape index (κ1) is 15.7. The Morgan fingerprint density at radius 3 is 2.76 bits per heavy atom. The minimum atomic E-state index is -0.565. The van der Waals surface area contributed by atoms with Crippen molar-refractivity contribution in [2.24, 2.45) is 0 Å². The molecule has 0 radical (unpaired) electrons. The van der Waals surface area contributed by atoms with Gasteiger partial charge in [0.2, 0.25) is 5.91 Å². The van der Waals surface area contributed by atoms with Gasteiger partial charge in [0.25, 0.3) is 0 Å². The quantitative estimate of drug-likeness (QED) is 0.745. The van der Waals surface area contributed by atoms with E-state index in [0.29, 0.717) is 17.0 Å². The molecule has 0 spiro atoms. The molecule has 1 saturated carbocycles. The Bertz CT molecular complexity index is 973. The van der Waals surface area contributed by atoms with Crippen molar-refractivity contribution in [1.82, 2.24) is 4.98 Å². The molecule has 1 heterocycles. The summed E-state index contributed by atoms with van der Waals surface area (Å²) >= 11 is 0. The lowest BCUT2D eigenvalue weighted by Crippen LogP contribution is -2.27. The number of rotatable bonds is 4. The zero-order chi connectivity index (χ0) is 17.6. The fourth-order valence-electron chi connectivity index (χ4n) is 3.40. The van der Waals surface area contributed by atoms with Crippen LogP contribution in [0.3, 0.4) is 0 Å². The predicted molar refractivity (Wildman–Crippen MR) is 95.5 cm³/mol. The number of aromatic nitrogens is 1. The number of aromatic amines is 1. The van der Waals surface area contributed by atoms with E-state index in [1.165, 1.54) is 12.1 Å². The maximum absolute atomic E-state index is 13.4. The number of halogens is 1. The van der Waals surface area contributed by atoms with E-state index in [1.54, 1.807) is 13.2 Å². The minimum absolute atomic E-state index is 0.0541. The van der Waals surface area contributed by atoms with Crippen LogP contribution in [0.5, 0.6) is 5.75 Å². The van der Waals surface area contributed by atoms with Crippen LogP contribution in [-0.2, 0) is 10.2 Å². The van der Waals surface area contributed by atoms with Gasteiger partial charge in [0.15, 0.2) is 0 Å². The van der Waals surface area contributed by atoms with Crippen LogP contribution < -0.4 is 10.1 Å². The first-order chi connectivity index (χ1) is 12.0. The summed E-state index contributed by atoms with van der Waals surface area (Å²) in [5, 5.41) is 3.91. The summed E-state index contributed by atoms with van der Waals surface area (Å²) < 4.78 is 18.8. The van der Waals surface area contributed by atoms with Crippen molar-refractivity contribution in [3.8, 4) is 5.75 Å². The van der Waals surface area contributed by atoms with Crippen molar-refractivity contribution >= 4 is 22.5 Å². The molecule has 0 unspecified atom stereocenters. The molecule has 4 nitrogen and oxygen atoms in total. The normalized spacial score (nSPS) is 15.2. The van der Waals surface area contributed by atoms with Crippen LogP contribution >= 0.6 is 0 Å². The van der Waals surface area contributed by atoms with Gasteiger partial charge in [0.05, 0.1) is 18.2 Å². The zero-order valence-corrected chi connectivity index (χ0v) is 14.2. The monoisotopic (exact) mass is 338 g/mol. The molecule has 1 aliphatic carbocycles. The Hall–Kier alpha value is -2.82. The van der Waals surface area contributed by atoms with E-state index < -0.39 is 5.41 Å². The number of benzene rings is 2. The Kier molecular flexibility index (Phi) is 3.53. The van der Waals surface area contributed by atoms with Crippen LogP contribution in [0.25, 0.3) is 10.9 Å². The van der Waals surface area contributed by atoms with Gasteiger partial charge in [-0.2, -0.15) is 0 Å². The molecule has 128 valence electrons. The zero-order valence-electron chi connectivity index (χ0n) is 14.2. The van der Waals surface area contributed by atoms with Gasteiger partial charge in [-0.05, 0) is 61.2 Å². The van der Waals surface area contributed by atoms with E-state index in [-0.39, 0.29) is 11.7 Å². The van der Waals surface area contributed by atoms with E-state index in [0.717, 1.165) is 29.4 Å². The molecule has 2 N–H and O–H groups in total. The molecule has 1 aliphatic rings. The highest BCUT2D eigenvalue weighted by Crippen LogP contribution is 2.51. The van der Waals surface area contributed by atoms with Crippen LogP contribution in [0.4, 0.5) is 10.1 Å². The Morgan fingerprint density at radius 1 is 1.24 bits per heavy atom. The van der Waals surface area contributed by atoms with Crippen LogP contribution in [0.1, 0.15) is 24.0 Å². The Morgan fingerprint density at radius 2 is 2.04 bits per heavy atom. The fraction of sp³-hybridized carbons (Fsp3) is 0.250. The van der Waals surface area contributed by atoms with Crippen molar-refractivity contribution < 1.29 is 13.9 Å². The van der Waals surface area contributed by atoms with Gasteiger partial charge in [0.1, 0.15) is 11.6 Å². The molecule has 1 amide bonds. The Labute approximate surface area is 145 Å². The number of H-pyrrole nitrogens is 1. The van der Waals surface area contributed by atoms with Crippen LogP contribution in [0.2, 0.25) is 0 Å². The SMILES string of the molecule is COc1ccc(C)cc1NC(=O)C1(c2c[nH]c3cc(F)ccc23)CC1. The molecular weight excluding hydrogens is 319 g/mol. The van der Waals surface area contributed by atoms with E-state index in [2.05, 4.69) is 10.3 Å². The highest BCUT2D eigenvalue weighted by Gasteiger charge is 2.52. The average Bonchev–Trinajstić information content (AvgIpc) is 3.29. The third-order valence-corrected chi connectivity index (χ3v) is 4.95. The number of carbonyl (C=O) groups excluding carboxylic acids is 1. The van der Waals surface area contributed by atoms with Gasteiger partial charge in [0, 0.05) is 17.1 Å². The van der Waals surface area contributed by atoms with Crippen molar-refractivity contribution in [2.45, 2.75) is 25.2 Å². The second kappa shape index (κ2) is 5.62. The molecule has 1 fully saturated rings. The Balaban J connectivity index is 1.69. The maximum atomic E-state index is 13.4. The predicted octanol–water partition coefficient (Wildman–Crippen LogP) is 4.29. The lowest BCUT2D eigenvalue weighted by atomic mass is 9.94. The molecule has 3 aromatic rings. The molecular formula is C20H19FN2O2. The van der Waals surface area contributed by atoms with E-state index in [9.17, 15) is 9.18 Å². The topological polar surface area (TPSA) is 54.1 Å². The summed E-state index contributed by atoms with van der Waals surface area (Å²) in [6.07, 6.45) is 3.37. The molecule has 0 saturated heterocycles. The second-order valence-electron chi connectivity index (χ2n) is 6.63. The largest absolute Gasteiger partial charge is 0.495 e. The number of carbonyl (C=O) groups is 1. The molecule has 0 aliphatic heterocycles. The van der Waals surface area contributed by atoms with Gasteiger partial charge in [-0.1, -0.05) is 6.07 Å². The van der Waals surface area contributed by atoms with E-state index in [1.807, 2.05) is 31.3 Å². The molecule has 0 atom stereocenters. The second-order valence-corrected chi connectivity index (χ2v) is 6.63. The summed E-state index contributed by atoms with van der Waals surface area (Å²) in [5.74, 6) is 0.289. The van der Waals surface area contributed by atoms with E-state index >= 15 is 0 Å². The van der Waals surface area contributed by atoms with Crippen LogP contribution in [0, 0.1) is 12.7 Å². The standard InChI is InChI=1S/C20H19FN2O2/c1-12-3-6-18(25-2)17(9-12)23-19(24)20(7-8-20)15-11-22-16-10-13(21)4-5-14(15)16/h3-6,9-11,22H,7-8H2,1-2H3,(H,23,24). The van der Waals surface area contributed by atoms with Crippen molar-refractivity contribution in [2.75, 3.05) is 12.4 Å². The number of aryl methyl sites for hydroxylation is 1. The number of amides is 1. The third kappa shape index (κ3) is 2.56. The summed E-state index contributed by atoms with van der Waals surface area (Å²) in [6.45, 7) is 1.97. The lowest BCUT2D eigenvalue weighted by Gasteiger charge is -2.17. The van der Waals surface area contributed by atoms with Crippen LogP contribution in [0.15, 0.2) is 42.6 Å². The maximum Gasteiger partial charge on any atom is 0.235 e. The molecule has 4 rings (SSSR count). The third-order valence-electron chi connectivity index (χ3n) is 4.95. The number of ether oxygens (including phenoxy) is 1. The number of hydrogen-bond acceptors (Lipinski definition) is 2. The smallest absolute Gasteiger partial charge is 0.235 e. The first-order valence-corrected chi connectivity index (χ1v) is 8.27. The molecule has 1 aromatic heterocycles. The first-order valence-electron chi connectivity index (χ1n) is 8.27. The number of methoxy groups -OCH3 is 1. The lowest BCUT2D eigenvalue weighted by molar-refractivity contribution is -0.118. The number of hydrogen-bond donors (Lipinski definition) is 2. The number of anilines is 1.